The van der Waals surface area contributed by atoms with Crippen molar-refractivity contribution in [2.24, 2.45) is 0 Å². The summed E-state index contributed by atoms with van der Waals surface area (Å²) in [6.45, 7) is 3.54. The Bertz CT molecular complexity index is 559. The second-order valence-corrected chi connectivity index (χ2v) is 7.02. The Hall–Kier alpha value is -1.29. The van der Waals surface area contributed by atoms with Crippen LogP contribution in [0.3, 0.4) is 0 Å². The molecule has 20 heavy (non-hydrogen) atoms. The number of rotatable bonds is 0. The number of amides is 2. The van der Waals surface area contributed by atoms with Crippen LogP contribution >= 0.6 is 11.3 Å². The standard InChI is InChI=1S/C16H20N2OS/c19-16(17-7-3-13(4-8-17)12-1-2-12)18-9-5-15-14(11-18)6-10-20-15/h6,10H,1-5,7-9,11H2. The van der Waals surface area contributed by atoms with Gasteiger partial charge in [0, 0.05) is 31.1 Å². The lowest BCUT2D eigenvalue weighted by Crippen LogP contribution is -2.47. The minimum atomic E-state index is 0.252. The fourth-order valence-corrected chi connectivity index (χ4v) is 4.24. The van der Waals surface area contributed by atoms with Crippen molar-refractivity contribution < 1.29 is 4.79 Å². The highest BCUT2D eigenvalue weighted by molar-refractivity contribution is 7.10. The zero-order valence-electron chi connectivity index (χ0n) is 11.7. The van der Waals surface area contributed by atoms with Gasteiger partial charge >= 0.3 is 6.03 Å². The lowest BCUT2D eigenvalue weighted by atomic mass is 10.0. The SMILES string of the molecule is O=C(N1CCC(=C2CC2)CC1)N1CCc2sccc2C1. The van der Waals surface area contributed by atoms with Crippen molar-refractivity contribution in [2.45, 2.75) is 38.6 Å². The van der Waals surface area contributed by atoms with E-state index in [-0.39, 0.29) is 6.03 Å². The molecule has 1 saturated heterocycles. The topological polar surface area (TPSA) is 23.6 Å². The molecule has 2 aliphatic heterocycles. The molecule has 0 bridgehead atoms. The lowest BCUT2D eigenvalue weighted by Gasteiger charge is -2.35. The molecule has 1 aromatic rings. The second kappa shape index (κ2) is 4.92. The Morgan fingerprint density at radius 1 is 0.950 bits per heavy atom. The molecule has 0 aromatic carbocycles. The number of hydrogen-bond acceptors (Lipinski definition) is 2. The highest BCUT2D eigenvalue weighted by Gasteiger charge is 2.29. The van der Waals surface area contributed by atoms with E-state index in [1.54, 1.807) is 11.1 Å². The fraction of sp³-hybridized carbons (Fsp3) is 0.562. The molecule has 1 aliphatic carbocycles. The van der Waals surface area contributed by atoms with Crippen molar-refractivity contribution >= 4 is 17.4 Å². The van der Waals surface area contributed by atoms with Crippen LogP contribution in [0.25, 0.3) is 0 Å². The Labute approximate surface area is 123 Å². The molecule has 0 atom stereocenters. The monoisotopic (exact) mass is 288 g/mol. The van der Waals surface area contributed by atoms with E-state index >= 15 is 0 Å². The van der Waals surface area contributed by atoms with E-state index in [0.717, 1.165) is 45.4 Å². The van der Waals surface area contributed by atoms with Crippen LogP contribution < -0.4 is 0 Å². The first-order valence-electron chi connectivity index (χ1n) is 7.60. The third-order valence-corrected chi connectivity index (χ3v) is 5.74. The van der Waals surface area contributed by atoms with Gasteiger partial charge in [-0.2, -0.15) is 0 Å². The zero-order valence-corrected chi connectivity index (χ0v) is 12.5. The summed E-state index contributed by atoms with van der Waals surface area (Å²) in [6.07, 6.45) is 5.88. The molecule has 0 spiro atoms. The van der Waals surface area contributed by atoms with Crippen molar-refractivity contribution in [2.75, 3.05) is 19.6 Å². The number of allylic oxidation sites excluding steroid dienone is 1. The molecule has 4 rings (SSSR count). The summed E-state index contributed by atoms with van der Waals surface area (Å²) in [7, 11) is 0. The molecular weight excluding hydrogens is 268 g/mol. The van der Waals surface area contributed by atoms with Crippen LogP contribution in [-0.4, -0.2) is 35.5 Å². The number of thiophene rings is 1. The summed E-state index contributed by atoms with van der Waals surface area (Å²) >= 11 is 1.83. The molecule has 3 heterocycles. The number of carbonyl (C=O) groups is 1. The summed E-state index contributed by atoms with van der Waals surface area (Å²) in [5.41, 5.74) is 4.68. The minimum absolute atomic E-state index is 0.252. The smallest absolute Gasteiger partial charge is 0.320 e. The van der Waals surface area contributed by atoms with Crippen LogP contribution in [0.15, 0.2) is 22.6 Å². The minimum Gasteiger partial charge on any atom is -0.324 e. The van der Waals surface area contributed by atoms with Crippen molar-refractivity contribution in [3.8, 4) is 0 Å². The zero-order chi connectivity index (χ0) is 13.5. The number of nitrogens with zero attached hydrogens (tertiary/aromatic N) is 2. The molecule has 1 aromatic heterocycles. The molecule has 0 N–H and O–H groups in total. The quantitative estimate of drug-likeness (QED) is 0.671. The van der Waals surface area contributed by atoms with E-state index in [1.165, 1.54) is 23.3 Å². The van der Waals surface area contributed by atoms with Crippen LogP contribution in [0.2, 0.25) is 0 Å². The molecule has 2 amide bonds. The molecule has 3 aliphatic rings. The van der Waals surface area contributed by atoms with E-state index in [9.17, 15) is 4.79 Å². The largest absolute Gasteiger partial charge is 0.324 e. The maximum atomic E-state index is 12.6. The predicted octanol–water partition coefficient (Wildman–Crippen LogP) is 3.41. The van der Waals surface area contributed by atoms with Crippen LogP contribution in [0.5, 0.6) is 0 Å². The average molecular weight is 288 g/mol. The van der Waals surface area contributed by atoms with Gasteiger partial charge in [0.05, 0.1) is 0 Å². The number of likely N-dealkylation sites (tertiary alicyclic amines) is 1. The predicted molar refractivity (Wildman–Crippen MR) is 80.9 cm³/mol. The van der Waals surface area contributed by atoms with Crippen molar-refractivity contribution in [1.82, 2.24) is 9.80 Å². The number of piperidine rings is 1. The number of urea groups is 1. The summed E-state index contributed by atoms with van der Waals surface area (Å²) in [6, 6.07) is 2.42. The highest BCUT2D eigenvalue weighted by Crippen LogP contribution is 2.36. The van der Waals surface area contributed by atoms with E-state index in [2.05, 4.69) is 16.3 Å². The maximum absolute atomic E-state index is 12.6. The molecule has 1 saturated carbocycles. The van der Waals surface area contributed by atoms with Gasteiger partial charge in [0.15, 0.2) is 0 Å². The Morgan fingerprint density at radius 2 is 1.65 bits per heavy atom. The van der Waals surface area contributed by atoms with Crippen LogP contribution in [0.1, 0.15) is 36.1 Å². The van der Waals surface area contributed by atoms with Gasteiger partial charge in [-0.15, -0.1) is 11.3 Å². The first kappa shape index (κ1) is 12.5. The number of carbonyl (C=O) groups excluding carboxylic acids is 1. The van der Waals surface area contributed by atoms with E-state index in [0.29, 0.717) is 0 Å². The first-order valence-corrected chi connectivity index (χ1v) is 8.48. The van der Waals surface area contributed by atoms with Gasteiger partial charge in [-0.25, -0.2) is 4.79 Å². The second-order valence-electron chi connectivity index (χ2n) is 6.02. The lowest BCUT2D eigenvalue weighted by molar-refractivity contribution is 0.144. The van der Waals surface area contributed by atoms with E-state index in [1.807, 2.05) is 16.2 Å². The first-order chi connectivity index (χ1) is 9.81. The van der Waals surface area contributed by atoms with Crippen molar-refractivity contribution in [3.05, 3.63) is 33.0 Å². The third-order valence-electron chi connectivity index (χ3n) is 4.72. The van der Waals surface area contributed by atoms with Crippen LogP contribution in [0, 0.1) is 0 Å². The molecule has 3 nitrogen and oxygen atoms in total. The number of hydrogen-bond donors (Lipinski definition) is 0. The summed E-state index contributed by atoms with van der Waals surface area (Å²) in [5, 5.41) is 2.15. The van der Waals surface area contributed by atoms with Crippen molar-refractivity contribution in [3.63, 3.8) is 0 Å². The summed E-state index contributed by atoms with van der Waals surface area (Å²) in [5.74, 6) is 0. The van der Waals surface area contributed by atoms with E-state index in [4.69, 9.17) is 0 Å². The highest BCUT2D eigenvalue weighted by atomic mass is 32.1. The van der Waals surface area contributed by atoms with Gasteiger partial charge in [0.2, 0.25) is 0 Å². The fourth-order valence-electron chi connectivity index (χ4n) is 3.35. The Morgan fingerprint density at radius 3 is 2.40 bits per heavy atom. The number of fused-ring (bicyclic) bond motifs is 1. The Balaban J connectivity index is 1.40. The van der Waals surface area contributed by atoms with Gasteiger partial charge in [-0.1, -0.05) is 11.1 Å². The van der Waals surface area contributed by atoms with Gasteiger partial charge in [0.25, 0.3) is 0 Å². The van der Waals surface area contributed by atoms with Crippen molar-refractivity contribution in [1.29, 1.82) is 0 Å². The molecule has 4 heteroatoms. The van der Waals surface area contributed by atoms with E-state index < -0.39 is 0 Å². The van der Waals surface area contributed by atoms with Crippen LogP contribution in [-0.2, 0) is 13.0 Å². The van der Waals surface area contributed by atoms with Gasteiger partial charge in [0.1, 0.15) is 0 Å². The summed E-state index contributed by atoms with van der Waals surface area (Å²) in [4.78, 5) is 18.2. The maximum Gasteiger partial charge on any atom is 0.320 e. The van der Waals surface area contributed by atoms with Gasteiger partial charge in [-0.3, -0.25) is 0 Å². The average Bonchev–Trinajstić information content (AvgIpc) is 3.24. The van der Waals surface area contributed by atoms with Gasteiger partial charge < -0.3 is 9.80 Å². The molecular formula is C16H20N2OS. The molecule has 0 radical (unpaired) electrons. The third kappa shape index (κ3) is 2.26. The Kier molecular flexibility index (Phi) is 3.06. The normalized spacial score (nSPS) is 22.0. The van der Waals surface area contributed by atoms with Crippen LogP contribution in [0.4, 0.5) is 4.79 Å². The molecule has 2 fully saturated rings. The molecule has 0 unspecified atom stereocenters. The van der Waals surface area contributed by atoms with Gasteiger partial charge in [-0.05, 0) is 49.1 Å². The molecule has 106 valence electrons. The summed E-state index contributed by atoms with van der Waals surface area (Å²) < 4.78 is 0.